The standard InChI is InChI=1S/C15H14N2O2S/c1-9-7-8-20-14(9)13-12(15(16)19-17-13)10-5-3-4-6-11(10)18-2/h3-8H,16H2,1-2H3. The number of aryl methyl sites for hydroxylation is 1. The van der Waals surface area contributed by atoms with E-state index >= 15 is 0 Å². The van der Waals surface area contributed by atoms with Crippen molar-refractivity contribution in [3.05, 3.63) is 41.3 Å². The molecule has 20 heavy (non-hydrogen) atoms. The minimum Gasteiger partial charge on any atom is -0.496 e. The first kappa shape index (κ1) is 12.7. The molecule has 0 amide bonds. The molecule has 0 atom stereocenters. The summed E-state index contributed by atoms with van der Waals surface area (Å²) in [6.07, 6.45) is 0. The number of benzene rings is 1. The third kappa shape index (κ3) is 1.96. The number of nitrogen functional groups attached to an aromatic ring is 1. The molecule has 3 aromatic rings. The fourth-order valence-corrected chi connectivity index (χ4v) is 3.10. The third-order valence-corrected chi connectivity index (χ3v) is 4.20. The van der Waals surface area contributed by atoms with Gasteiger partial charge in [-0.3, -0.25) is 0 Å². The molecule has 0 bridgehead atoms. The molecule has 0 saturated heterocycles. The maximum Gasteiger partial charge on any atom is 0.230 e. The summed E-state index contributed by atoms with van der Waals surface area (Å²) >= 11 is 1.62. The SMILES string of the molecule is COc1ccccc1-c1c(-c2sccc2C)noc1N. The van der Waals surface area contributed by atoms with Crippen molar-refractivity contribution in [3.8, 4) is 27.4 Å². The molecule has 0 unspecified atom stereocenters. The smallest absolute Gasteiger partial charge is 0.230 e. The van der Waals surface area contributed by atoms with Crippen LogP contribution < -0.4 is 10.5 Å². The number of hydrogen-bond acceptors (Lipinski definition) is 5. The monoisotopic (exact) mass is 286 g/mol. The second kappa shape index (κ2) is 5.02. The highest BCUT2D eigenvalue weighted by atomic mass is 32.1. The Morgan fingerprint density at radius 1 is 1.25 bits per heavy atom. The van der Waals surface area contributed by atoms with Crippen molar-refractivity contribution in [2.75, 3.05) is 12.8 Å². The molecular weight excluding hydrogens is 272 g/mol. The second-order valence-electron chi connectivity index (χ2n) is 4.40. The molecule has 1 aromatic carbocycles. The first-order valence-electron chi connectivity index (χ1n) is 6.15. The zero-order valence-corrected chi connectivity index (χ0v) is 12.0. The van der Waals surface area contributed by atoms with Gasteiger partial charge < -0.3 is 15.0 Å². The van der Waals surface area contributed by atoms with Crippen molar-refractivity contribution in [1.82, 2.24) is 5.16 Å². The molecule has 3 rings (SSSR count). The van der Waals surface area contributed by atoms with Gasteiger partial charge in [0.25, 0.3) is 0 Å². The van der Waals surface area contributed by atoms with Crippen molar-refractivity contribution in [2.24, 2.45) is 0 Å². The lowest BCUT2D eigenvalue weighted by Gasteiger charge is -2.08. The Hall–Kier alpha value is -2.27. The van der Waals surface area contributed by atoms with E-state index in [1.165, 1.54) is 0 Å². The van der Waals surface area contributed by atoms with Gasteiger partial charge in [0.1, 0.15) is 11.4 Å². The van der Waals surface area contributed by atoms with Crippen LogP contribution in [-0.2, 0) is 0 Å². The molecule has 0 saturated carbocycles. The van der Waals surface area contributed by atoms with E-state index in [0.29, 0.717) is 5.88 Å². The third-order valence-electron chi connectivity index (χ3n) is 3.17. The number of ether oxygens (including phenoxy) is 1. The van der Waals surface area contributed by atoms with Crippen molar-refractivity contribution in [3.63, 3.8) is 0 Å². The van der Waals surface area contributed by atoms with Gasteiger partial charge in [0.15, 0.2) is 0 Å². The van der Waals surface area contributed by atoms with E-state index in [1.807, 2.05) is 36.6 Å². The Morgan fingerprint density at radius 3 is 2.75 bits per heavy atom. The predicted octanol–water partition coefficient (Wildman–Crippen LogP) is 3.97. The highest BCUT2D eigenvalue weighted by Gasteiger charge is 2.21. The summed E-state index contributed by atoms with van der Waals surface area (Å²) in [4.78, 5) is 1.06. The van der Waals surface area contributed by atoms with Gasteiger partial charge in [0.2, 0.25) is 5.88 Å². The molecule has 0 aliphatic rings. The molecule has 0 aliphatic heterocycles. The van der Waals surface area contributed by atoms with E-state index < -0.39 is 0 Å². The van der Waals surface area contributed by atoms with E-state index in [4.69, 9.17) is 15.0 Å². The normalized spacial score (nSPS) is 10.7. The molecule has 2 heterocycles. The maximum absolute atomic E-state index is 5.97. The van der Waals surface area contributed by atoms with Crippen LogP contribution in [0.15, 0.2) is 40.2 Å². The average molecular weight is 286 g/mol. The van der Waals surface area contributed by atoms with Crippen LogP contribution in [0, 0.1) is 6.92 Å². The Labute approximate surface area is 120 Å². The molecule has 0 spiro atoms. The lowest BCUT2D eigenvalue weighted by molar-refractivity contribution is 0.416. The minimum absolute atomic E-state index is 0.303. The van der Waals surface area contributed by atoms with Crippen LogP contribution >= 0.6 is 11.3 Å². The number of nitrogens with zero attached hydrogens (tertiary/aromatic N) is 1. The fourth-order valence-electron chi connectivity index (χ4n) is 2.18. The predicted molar refractivity (Wildman–Crippen MR) is 81.0 cm³/mol. The van der Waals surface area contributed by atoms with E-state index in [-0.39, 0.29) is 0 Å². The van der Waals surface area contributed by atoms with Crippen LogP contribution in [0.1, 0.15) is 5.56 Å². The zero-order chi connectivity index (χ0) is 14.1. The van der Waals surface area contributed by atoms with Crippen LogP contribution in [0.25, 0.3) is 21.7 Å². The Morgan fingerprint density at radius 2 is 2.05 bits per heavy atom. The van der Waals surface area contributed by atoms with Crippen LogP contribution in [-0.4, -0.2) is 12.3 Å². The van der Waals surface area contributed by atoms with Gasteiger partial charge in [0, 0.05) is 5.56 Å². The largest absolute Gasteiger partial charge is 0.496 e. The van der Waals surface area contributed by atoms with Crippen molar-refractivity contribution in [2.45, 2.75) is 6.92 Å². The van der Waals surface area contributed by atoms with Crippen LogP contribution in [0.3, 0.4) is 0 Å². The molecule has 2 aromatic heterocycles. The number of aromatic nitrogens is 1. The number of rotatable bonds is 3. The molecule has 0 fully saturated rings. The quantitative estimate of drug-likeness (QED) is 0.791. The average Bonchev–Trinajstić information content (AvgIpc) is 3.04. The summed E-state index contributed by atoms with van der Waals surface area (Å²) in [5.74, 6) is 1.05. The molecule has 102 valence electrons. The topological polar surface area (TPSA) is 61.3 Å². The number of para-hydroxylation sites is 1. The van der Waals surface area contributed by atoms with Gasteiger partial charge >= 0.3 is 0 Å². The number of hydrogen-bond donors (Lipinski definition) is 1. The number of anilines is 1. The number of nitrogens with two attached hydrogens (primary N) is 1. The number of methoxy groups -OCH3 is 1. The molecule has 5 heteroatoms. The zero-order valence-electron chi connectivity index (χ0n) is 11.2. The van der Waals surface area contributed by atoms with E-state index in [2.05, 4.69) is 11.2 Å². The summed E-state index contributed by atoms with van der Waals surface area (Å²) in [6, 6.07) is 9.76. The van der Waals surface area contributed by atoms with Crippen LogP contribution in [0.4, 0.5) is 5.88 Å². The highest BCUT2D eigenvalue weighted by molar-refractivity contribution is 7.13. The lowest BCUT2D eigenvalue weighted by Crippen LogP contribution is -1.91. The maximum atomic E-state index is 5.97. The Balaban J connectivity index is 2.25. The van der Waals surface area contributed by atoms with E-state index in [9.17, 15) is 0 Å². The van der Waals surface area contributed by atoms with Crippen molar-refractivity contribution >= 4 is 17.2 Å². The highest BCUT2D eigenvalue weighted by Crippen LogP contribution is 2.42. The molecular formula is C15H14N2O2S. The summed E-state index contributed by atoms with van der Waals surface area (Å²) in [6.45, 7) is 2.04. The van der Waals surface area contributed by atoms with E-state index in [1.54, 1.807) is 18.4 Å². The van der Waals surface area contributed by atoms with Gasteiger partial charge in [-0.2, -0.15) is 0 Å². The summed E-state index contributed by atoms with van der Waals surface area (Å²) in [5.41, 5.74) is 9.56. The van der Waals surface area contributed by atoms with Crippen molar-refractivity contribution < 1.29 is 9.26 Å². The van der Waals surface area contributed by atoms with Gasteiger partial charge in [-0.05, 0) is 30.0 Å². The van der Waals surface area contributed by atoms with Gasteiger partial charge in [0.05, 0.1) is 17.6 Å². The number of thiophene rings is 1. The summed E-state index contributed by atoms with van der Waals surface area (Å²) < 4.78 is 10.6. The van der Waals surface area contributed by atoms with Crippen LogP contribution in [0.5, 0.6) is 5.75 Å². The first-order chi connectivity index (χ1) is 9.72. The molecule has 2 N–H and O–H groups in total. The Kier molecular flexibility index (Phi) is 3.20. The second-order valence-corrected chi connectivity index (χ2v) is 5.32. The molecule has 0 radical (unpaired) electrons. The summed E-state index contributed by atoms with van der Waals surface area (Å²) in [7, 11) is 1.64. The fraction of sp³-hybridized carbons (Fsp3) is 0.133. The van der Waals surface area contributed by atoms with Gasteiger partial charge in [-0.15, -0.1) is 11.3 Å². The molecule has 4 nitrogen and oxygen atoms in total. The summed E-state index contributed by atoms with van der Waals surface area (Å²) in [5, 5.41) is 6.15. The van der Waals surface area contributed by atoms with Gasteiger partial charge in [-0.1, -0.05) is 23.4 Å². The van der Waals surface area contributed by atoms with Gasteiger partial charge in [-0.25, -0.2) is 0 Å². The molecule has 0 aliphatic carbocycles. The van der Waals surface area contributed by atoms with E-state index in [0.717, 1.165) is 33.0 Å². The first-order valence-corrected chi connectivity index (χ1v) is 7.03. The van der Waals surface area contributed by atoms with Crippen LogP contribution in [0.2, 0.25) is 0 Å². The Bertz CT molecular complexity index is 746. The van der Waals surface area contributed by atoms with Crippen molar-refractivity contribution in [1.29, 1.82) is 0 Å². The minimum atomic E-state index is 0.303. The lowest BCUT2D eigenvalue weighted by atomic mass is 10.0.